The van der Waals surface area contributed by atoms with Gasteiger partial charge in [0.25, 0.3) is 5.91 Å². The first-order valence-corrected chi connectivity index (χ1v) is 17.1. The zero-order valence-corrected chi connectivity index (χ0v) is 27.6. The lowest BCUT2D eigenvalue weighted by molar-refractivity contribution is -0.362. The van der Waals surface area contributed by atoms with E-state index in [1.165, 1.54) is 6.92 Å². The summed E-state index contributed by atoms with van der Waals surface area (Å²) >= 11 is 0. The summed E-state index contributed by atoms with van der Waals surface area (Å²) in [6, 6.07) is 23.9. The average Bonchev–Trinajstić information content (AvgIpc) is 3.38. The number of halogens is 5. The van der Waals surface area contributed by atoms with Crippen molar-refractivity contribution < 1.29 is 36.6 Å². The molecule has 4 aliphatic carbocycles. The third-order valence-electron chi connectivity index (χ3n) is 11.8. The number of carbonyl (C=O) groups is 2. The fourth-order valence-electron chi connectivity index (χ4n) is 9.25. The number of anilines is 2. The Kier molecular flexibility index (Phi) is 8.52. The van der Waals surface area contributed by atoms with Crippen molar-refractivity contribution in [2.75, 3.05) is 10.6 Å². The first-order chi connectivity index (χ1) is 23.7. The molecule has 0 radical (unpaired) electrons. The summed E-state index contributed by atoms with van der Waals surface area (Å²) < 4.78 is 72.1. The topological polar surface area (TPSA) is 78.4 Å². The van der Waals surface area contributed by atoms with Crippen molar-refractivity contribution in [3.05, 3.63) is 118 Å². The number of allylic oxidation sites excluding steroid dienone is 4. The van der Waals surface area contributed by atoms with Gasteiger partial charge >= 0.3 is 12.1 Å². The minimum atomic E-state index is -5.89. The summed E-state index contributed by atoms with van der Waals surface area (Å²) in [5.41, 5.74) is 1.80. The molecule has 2 fully saturated rings. The van der Waals surface area contributed by atoms with Crippen molar-refractivity contribution in [3.8, 4) is 0 Å². The molecule has 4 aliphatic rings. The molecule has 7 rings (SSSR count). The predicted octanol–water partition coefficient (Wildman–Crippen LogP) is 9.38. The Bertz CT molecular complexity index is 1850. The van der Waals surface area contributed by atoms with E-state index in [0.29, 0.717) is 43.5 Å². The van der Waals surface area contributed by atoms with Gasteiger partial charge in [0, 0.05) is 41.2 Å². The highest BCUT2D eigenvalue weighted by Crippen LogP contribution is 2.70. The number of carbonyl (C=O) groups excluding carboxylic acids is 2. The molecule has 5 nitrogen and oxygen atoms in total. The van der Waals surface area contributed by atoms with Crippen LogP contribution >= 0.6 is 0 Å². The first kappa shape index (κ1) is 34.2. The van der Waals surface area contributed by atoms with E-state index in [1.54, 1.807) is 18.2 Å². The van der Waals surface area contributed by atoms with Gasteiger partial charge in [0.2, 0.25) is 0 Å². The number of benzene rings is 3. The highest BCUT2D eigenvalue weighted by molar-refractivity contribution is 6.04. The molecule has 1 amide bonds. The molecule has 0 aliphatic heterocycles. The maximum Gasteiger partial charge on any atom is 0.456 e. The molecule has 0 saturated heterocycles. The van der Waals surface area contributed by atoms with Crippen molar-refractivity contribution in [1.29, 1.82) is 0 Å². The van der Waals surface area contributed by atoms with Crippen LogP contribution in [0.25, 0.3) is 0 Å². The summed E-state index contributed by atoms with van der Waals surface area (Å²) in [6.07, 6.45) is -2.86. The predicted molar refractivity (Wildman–Crippen MR) is 181 cm³/mol. The number of hydrogen-bond donors (Lipinski definition) is 3. The number of alkyl halides is 5. The molecule has 2 saturated carbocycles. The summed E-state index contributed by atoms with van der Waals surface area (Å²) in [7, 11) is 0. The lowest BCUT2D eigenvalue weighted by atomic mass is 9.50. The van der Waals surface area contributed by atoms with Crippen molar-refractivity contribution in [3.63, 3.8) is 0 Å². The van der Waals surface area contributed by atoms with Gasteiger partial charge in [-0.25, -0.2) is 0 Å². The second-order valence-electron chi connectivity index (χ2n) is 14.5. The lowest BCUT2D eigenvalue weighted by Crippen LogP contribution is -2.65. The fourth-order valence-corrected chi connectivity index (χ4v) is 9.25. The summed E-state index contributed by atoms with van der Waals surface area (Å²) in [6.45, 7) is 1.88. The van der Waals surface area contributed by atoms with Gasteiger partial charge in [-0.05, 0) is 115 Å². The number of hydrogen-bond acceptors (Lipinski definition) is 4. The van der Waals surface area contributed by atoms with Gasteiger partial charge in [-0.1, -0.05) is 55.0 Å². The van der Waals surface area contributed by atoms with E-state index in [-0.39, 0.29) is 30.4 Å². The fraction of sp³-hybridized carbons (Fsp3) is 0.400. The summed E-state index contributed by atoms with van der Waals surface area (Å²) in [5.74, 6) is -6.75. The van der Waals surface area contributed by atoms with Gasteiger partial charge in [-0.3, -0.25) is 9.59 Å². The third-order valence-corrected chi connectivity index (χ3v) is 11.8. The Morgan fingerprint density at radius 1 is 0.880 bits per heavy atom. The van der Waals surface area contributed by atoms with Crippen molar-refractivity contribution in [1.82, 2.24) is 0 Å². The number of nitrogens with one attached hydrogen (secondary N) is 2. The maximum atomic E-state index is 15.3. The molecule has 10 heteroatoms. The van der Waals surface area contributed by atoms with Crippen LogP contribution in [0.4, 0.5) is 33.3 Å². The number of rotatable bonds is 7. The minimum absolute atomic E-state index is 0.0435. The first-order valence-electron chi connectivity index (χ1n) is 17.1. The Morgan fingerprint density at radius 3 is 2.26 bits per heavy atom. The Labute approximate surface area is 287 Å². The quantitative estimate of drug-likeness (QED) is 0.216. The van der Waals surface area contributed by atoms with E-state index in [0.717, 1.165) is 33.5 Å². The molecule has 0 aromatic heterocycles. The maximum absolute atomic E-state index is 15.3. The van der Waals surface area contributed by atoms with Crippen LogP contribution in [0.1, 0.15) is 79.3 Å². The van der Waals surface area contributed by atoms with Crippen LogP contribution < -0.4 is 10.6 Å². The number of aliphatic hydroxyl groups is 1. The number of amides is 1. The molecular weight excluding hydrogens is 651 g/mol. The molecule has 0 heterocycles. The van der Waals surface area contributed by atoms with E-state index in [9.17, 15) is 27.9 Å². The van der Waals surface area contributed by atoms with Crippen LogP contribution in [0.3, 0.4) is 0 Å². The summed E-state index contributed by atoms with van der Waals surface area (Å²) in [5, 5.41) is 17.7. The van der Waals surface area contributed by atoms with E-state index in [1.807, 2.05) is 66.7 Å². The molecule has 262 valence electrons. The number of ketones is 1. The largest absolute Gasteiger partial charge is 0.456 e. The van der Waals surface area contributed by atoms with Crippen LogP contribution in [-0.4, -0.2) is 34.5 Å². The van der Waals surface area contributed by atoms with Crippen LogP contribution in [0.2, 0.25) is 0 Å². The number of para-hydroxylation sites is 1. The minimum Gasteiger partial charge on any atom is -0.383 e. The average molecular weight is 691 g/mol. The molecule has 3 aromatic rings. The molecular formula is C40H39F5N2O3. The van der Waals surface area contributed by atoms with Crippen LogP contribution in [-0.2, 0) is 11.3 Å². The van der Waals surface area contributed by atoms with Crippen LogP contribution in [0.15, 0.2) is 102 Å². The zero-order chi connectivity index (χ0) is 35.5. The lowest BCUT2D eigenvalue weighted by Gasteiger charge is -2.56. The second-order valence-corrected chi connectivity index (χ2v) is 14.5. The Morgan fingerprint density at radius 2 is 1.58 bits per heavy atom. The van der Waals surface area contributed by atoms with Crippen LogP contribution in [0.5, 0.6) is 0 Å². The smallest absolute Gasteiger partial charge is 0.383 e. The monoisotopic (exact) mass is 690 g/mol. The Hall–Kier alpha value is -4.31. The molecule has 50 heavy (non-hydrogen) atoms. The molecule has 0 spiro atoms. The van der Waals surface area contributed by atoms with E-state index in [4.69, 9.17) is 0 Å². The molecule has 0 bridgehead atoms. The van der Waals surface area contributed by atoms with Crippen LogP contribution in [0, 0.1) is 17.3 Å². The summed E-state index contributed by atoms with van der Waals surface area (Å²) in [4.78, 5) is 24.9. The van der Waals surface area contributed by atoms with E-state index < -0.39 is 41.4 Å². The molecule has 5 atom stereocenters. The zero-order valence-electron chi connectivity index (χ0n) is 27.6. The van der Waals surface area contributed by atoms with Crippen molar-refractivity contribution >= 4 is 23.1 Å². The molecule has 3 N–H and O–H groups in total. The SMILES string of the molecule is C[C@]12C[C@H](c3ccc(CNc4ccc(C(=O)Nc5ccccc5)cc4)cc3)C3=C4CCC(=O)C=C4CCC3C1CC[C@]2(O)C(F)(F)C(F)(F)F. The van der Waals surface area contributed by atoms with Gasteiger partial charge in [0.15, 0.2) is 5.78 Å². The van der Waals surface area contributed by atoms with Gasteiger partial charge in [0.1, 0.15) is 5.60 Å². The standard InChI is InChI=1S/C40H39F5N2O3/c1-37-22-33(25-9-7-24(8-10-25)23-46-28-14-11-26(12-15-28)36(49)47-29-5-3-2-4-6-29)35-31-18-16-30(48)21-27(31)13-17-32(35)34(37)19-20-38(37,50)39(41,42)40(43,44)45/h2-12,14-15,21,32-34,46,50H,13,16-20,22-23H2,1H3,(H,47,49)/t32?,33-,34?,37+,38-/m1/s1. The molecule has 2 unspecified atom stereocenters. The highest BCUT2D eigenvalue weighted by Gasteiger charge is 2.79. The van der Waals surface area contributed by atoms with Crippen molar-refractivity contribution in [2.24, 2.45) is 17.3 Å². The van der Waals surface area contributed by atoms with Gasteiger partial charge in [-0.15, -0.1) is 0 Å². The van der Waals surface area contributed by atoms with E-state index in [2.05, 4.69) is 10.6 Å². The van der Waals surface area contributed by atoms with Gasteiger partial charge in [-0.2, -0.15) is 22.0 Å². The highest BCUT2D eigenvalue weighted by atomic mass is 19.4. The van der Waals surface area contributed by atoms with Gasteiger partial charge < -0.3 is 15.7 Å². The second kappa shape index (κ2) is 12.5. The Balaban J connectivity index is 1.14. The molecule has 3 aromatic carbocycles. The third kappa shape index (κ3) is 5.65. The van der Waals surface area contributed by atoms with Gasteiger partial charge in [0.05, 0.1) is 0 Å². The van der Waals surface area contributed by atoms with E-state index >= 15 is 8.78 Å². The normalized spacial score (nSPS) is 27.9. The van der Waals surface area contributed by atoms with Crippen molar-refractivity contribution in [2.45, 2.75) is 82.0 Å². The number of fused-ring (bicyclic) bond motifs is 4.